The monoisotopic (exact) mass is 347 g/mol. The van der Waals surface area contributed by atoms with Crippen LogP contribution in [0.25, 0.3) is 0 Å². The molecule has 0 aliphatic heterocycles. The number of nitrogens with two attached hydrogens (primary N) is 1. The predicted molar refractivity (Wildman–Crippen MR) is 94.9 cm³/mol. The Balaban J connectivity index is 2.61. The van der Waals surface area contributed by atoms with Gasteiger partial charge >= 0.3 is 0 Å². The quantitative estimate of drug-likeness (QED) is 0.171. The van der Waals surface area contributed by atoms with Crippen molar-refractivity contribution in [2.75, 3.05) is 6.54 Å². The van der Waals surface area contributed by atoms with E-state index in [1.807, 2.05) is 30.3 Å². The Morgan fingerprint density at radius 1 is 1.24 bits per heavy atom. The van der Waals surface area contributed by atoms with Crippen molar-refractivity contribution >= 4 is 24.1 Å². The SMILES string of the molecule is CC(=O)NC(Cc1ccccc1)C(=O)NC(C=O)CCCNC(=N)N. The molecule has 6 N–H and O–H groups in total. The molecule has 25 heavy (non-hydrogen) atoms. The van der Waals surface area contributed by atoms with Crippen molar-refractivity contribution in [3.63, 3.8) is 0 Å². The van der Waals surface area contributed by atoms with E-state index in [9.17, 15) is 14.4 Å². The van der Waals surface area contributed by atoms with Crippen molar-refractivity contribution in [2.24, 2.45) is 5.73 Å². The minimum atomic E-state index is -0.752. The van der Waals surface area contributed by atoms with Gasteiger partial charge in [-0.05, 0) is 18.4 Å². The molecular formula is C17H25N5O3. The molecule has 0 spiro atoms. The first-order valence-corrected chi connectivity index (χ1v) is 8.07. The largest absolute Gasteiger partial charge is 0.370 e. The molecule has 8 heteroatoms. The van der Waals surface area contributed by atoms with Crippen LogP contribution in [0.5, 0.6) is 0 Å². The average Bonchev–Trinajstić information content (AvgIpc) is 2.57. The van der Waals surface area contributed by atoms with Crippen LogP contribution in [0.15, 0.2) is 30.3 Å². The maximum atomic E-state index is 12.4. The molecule has 136 valence electrons. The number of carbonyl (C=O) groups is 3. The molecule has 0 aromatic heterocycles. The highest BCUT2D eigenvalue weighted by atomic mass is 16.2. The summed E-state index contributed by atoms with van der Waals surface area (Å²) in [7, 11) is 0. The maximum absolute atomic E-state index is 12.4. The summed E-state index contributed by atoms with van der Waals surface area (Å²) in [6, 6.07) is 7.90. The summed E-state index contributed by atoms with van der Waals surface area (Å²) in [5, 5.41) is 15.0. The first kappa shape index (κ1) is 20.1. The summed E-state index contributed by atoms with van der Waals surface area (Å²) in [4.78, 5) is 35.0. The van der Waals surface area contributed by atoms with Gasteiger partial charge in [-0.2, -0.15) is 0 Å². The summed E-state index contributed by atoms with van der Waals surface area (Å²) in [5.41, 5.74) is 6.08. The Morgan fingerprint density at radius 3 is 2.48 bits per heavy atom. The second-order valence-electron chi connectivity index (χ2n) is 5.68. The Bertz CT molecular complexity index is 591. The van der Waals surface area contributed by atoms with Gasteiger partial charge in [-0.15, -0.1) is 0 Å². The fourth-order valence-corrected chi connectivity index (χ4v) is 2.31. The van der Waals surface area contributed by atoms with E-state index in [1.165, 1.54) is 6.92 Å². The standard InChI is InChI=1S/C17H25N5O3/c1-12(24)21-15(10-13-6-3-2-4-7-13)16(25)22-14(11-23)8-5-9-20-17(18)19/h2-4,6-7,11,14-15H,5,8-10H2,1H3,(H,21,24)(H,22,25)(H4,18,19,20). The summed E-state index contributed by atoms with van der Waals surface area (Å²) >= 11 is 0. The van der Waals surface area contributed by atoms with E-state index in [2.05, 4.69) is 16.0 Å². The van der Waals surface area contributed by atoms with Crippen LogP contribution in [0, 0.1) is 5.41 Å². The molecule has 0 saturated heterocycles. The lowest BCUT2D eigenvalue weighted by Crippen LogP contribution is -2.50. The number of carbonyl (C=O) groups excluding carboxylic acids is 3. The van der Waals surface area contributed by atoms with Crippen molar-refractivity contribution < 1.29 is 14.4 Å². The Hall–Kier alpha value is -2.90. The number of aldehydes is 1. The molecule has 2 unspecified atom stereocenters. The first-order chi connectivity index (χ1) is 11.9. The van der Waals surface area contributed by atoms with Gasteiger partial charge in [0, 0.05) is 19.9 Å². The lowest BCUT2D eigenvalue weighted by atomic mass is 10.0. The predicted octanol–water partition coefficient (Wildman–Crippen LogP) is -0.319. The van der Waals surface area contributed by atoms with Crippen molar-refractivity contribution in [1.29, 1.82) is 5.41 Å². The Morgan fingerprint density at radius 2 is 1.92 bits per heavy atom. The molecule has 2 amide bonds. The van der Waals surface area contributed by atoms with Gasteiger partial charge < -0.3 is 26.5 Å². The van der Waals surface area contributed by atoms with E-state index in [4.69, 9.17) is 11.1 Å². The topological polar surface area (TPSA) is 137 Å². The van der Waals surface area contributed by atoms with E-state index >= 15 is 0 Å². The minimum absolute atomic E-state index is 0.139. The minimum Gasteiger partial charge on any atom is -0.370 e. The normalized spacial score (nSPS) is 12.5. The zero-order chi connectivity index (χ0) is 18.7. The lowest BCUT2D eigenvalue weighted by Gasteiger charge is -2.20. The highest BCUT2D eigenvalue weighted by molar-refractivity contribution is 5.88. The van der Waals surface area contributed by atoms with Crippen LogP contribution >= 0.6 is 0 Å². The zero-order valence-corrected chi connectivity index (χ0v) is 14.2. The number of hydrogen-bond donors (Lipinski definition) is 5. The number of amides is 2. The van der Waals surface area contributed by atoms with E-state index < -0.39 is 18.0 Å². The molecule has 0 saturated carbocycles. The average molecular weight is 347 g/mol. The Kier molecular flexibility index (Phi) is 8.70. The molecular weight excluding hydrogens is 322 g/mol. The van der Waals surface area contributed by atoms with Crippen molar-refractivity contribution in [3.05, 3.63) is 35.9 Å². The summed E-state index contributed by atoms with van der Waals surface area (Å²) in [5.74, 6) is -0.861. The van der Waals surface area contributed by atoms with E-state index in [0.717, 1.165) is 5.56 Å². The third kappa shape index (κ3) is 8.50. The van der Waals surface area contributed by atoms with Gasteiger partial charge in [-0.3, -0.25) is 15.0 Å². The van der Waals surface area contributed by atoms with Crippen LogP contribution in [0.1, 0.15) is 25.3 Å². The molecule has 1 aromatic rings. The van der Waals surface area contributed by atoms with Crippen LogP contribution < -0.4 is 21.7 Å². The van der Waals surface area contributed by atoms with Crippen LogP contribution in [-0.2, 0) is 20.8 Å². The van der Waals surface area contributed by atoms with Gasteiger partial charge in [0.15, 0.2) is 5.96 Å². The second-order valence-corrected chi connectivity index (χ2v) is 5.68. The van der Waals surface area contributed by atoms with Gasteiger partial charge in [0.2, 0.25) is 11.8 Å². The molecule has 8 nitrogen and oxygen atoms in total. The van der Waals surface area contributed by atoms with E-state index in [1.54, 1.807) is 0 Å². The number of hydrogen-bond acceptors (Lipinski definition) is 4. The summed E-state index contributed by atoms with van der Waals surface area (Å²) in [6.45, 7) is 1.78. The number of nitrogens with one attached hydrogen (secondary N) is 4. The van der Waals surface area contributed by atoms with Crippen LogP contribution in [0.2, 0.25) is 0 Å². The molecule has 0 aliphatic carbocycles. The number of rotatable bonds is 10. The van der Waals surface area contributed by atoms with Crippen LogP contribution in [0.4, 0.5) is 0 Å². The van der Waals surface area contributed by atoms with Crippen molar-refractivity contribution in [1.82, 2.24) is 16.0 Å². The molecule has 0 radical (unpaired) electrons. The fraction of sp³-hybridized carbons (Fsp3) is 0.412. The van der Waals surface area contributed by atoms with Gasteiger partial charge in [0.05, 0.1) is 6.04 Å². The molecule has 2 atom stereocenters. The highest BCUT2D eigenvalue weighted by Gasteiger charge is 2.22. The zero-order valence-electron chi connectivity index (χ0n) is 14.2. The first-order valence-electron chi connectivity index (χ1n) is 8.07. The Labute approximate surface area is 147 Å². The molecule has 0 bridgehead atoms. The smallest absolute Gasteiger partial charge is 0.243 e. The number of guanidine groups is 1. The summed E-state index contributed by atoms with van der Waals surface area (Å²) in [6.07, 6.45) is 1.98. The molecule has 1 rings (SSSR count). The lowest BCUT2D eigenvalue weighted by molar-refractivity contribution is -0.129. The molecule has 1 aromatic carbocycles. The third-order valence-electron chi connectivity index (χ3n) is 3.48. The van der Waals surface area contributed by atoms with E-state index in [-0.39, 0.29) is 11.9 Å². The fourth-order valence-electron chi connectivity index (χ4n) is 2.31. The molecule has 0 heterocycles. The van der Waals surface area contributed by atoms with Gasteiger partial charge in [0.1, 0.15) is 12.3 Å². The molecule has 0 fully saturated rings. The van der Waals surface area contributed by atoms with Crippen LogP contribution in [0.3, 0.4) is 0 Å². The maximum Gasteiger partial charge on any atom is 0.243 e. The van der Waals surface area contributed by atoms with Gasteiger partial charge in [-0.25, -0.2) is 0 Å². The van der Waals surface area contributed by atoms with E-state index in [0.29, 0.717) is 32.1 Å². The van der Waals surface area contributed by atoms with Crippen LogP contribution in [-0.4, -0.2) is 42.7 Å². The van der Waals surface area contributed by atoms with Crippen molar-refractivity contribution in [3.8, 4) is 0 Å². The molecule has 0 aliphatic rings. The van der Waals surface area contributed by atoms with Crippen molar-refractivity contribution in [2.45, 2.75) is 38.3 Å². The second kappa shape index (κ2) is 10.8. The number of benzene rings is 1. The summed E-state index contributed by atoms with van der Waals surface area (Å²) < 4.78 is 0. The third-order valence-corrected chi connectivity index (χ3v) is 3.48. The highest BCUT2D eigenvalue weighted by Crippen LogP contribution is 2.04. The van der Waals surface area contributed by atoms with Gasteiger partial charge in [0.25, 0.3) is 0 Å². The van der Waals surface area contributed by atoms with Gasteiger partial charge in [-0.1, -0.05) is 30.3 Å².